The minimum absolute atomic E-state index is 0.0132. The molecule has 13 heteroatoms. The summed E-state index contributed by atoms with van der Waals surface area (Å²) >= 11 is 0. The number of nitrogens with one attached hydrogen (secondary N) is 3. The van der Waals surface area contributed by atoms with Gasteiger partial charge in [0.15, 0.2) is 0 Å². The number of carboxylic acids is 1. The number of carbonyl (C=O) groups is 5. The summed E-state index contributed by atoms with van der Waals surface area (Å²) in [5.41, 5.74) is 1.57. The summed E-state index contributed by atoms with van der Waals surface area (Å²) in [4.78, 5) is 70.4. The van der Waals surface area contributed by atoms with E-state index in [1.165, 1.54) is 14.2 Å². The molecule has 1 aliphatic rings. The van der Waals surface area contributed by atoms with Gasteiger partial charge >= 0.3 is 5.97 Å². The second-order valence-corrected chi connectivity index (χ2v) is 15.2. The molecule has 0 aliphatic carbocycles. The van der Waals surface area contributed by atoms with Crippen molar-refractivity contribution in [2.45, 2.75) is 117 Å². The highest BCUT2D eigenvalue weighted by atomic mass is 16.5. The standard InChI is InChI=1S/C40H65N5O8/c1-13-26(7)35(44(10)39(49)34(24(4)5)43-38(48)33(41-9)23(2)3)31(52-11)21-32(46)45-22-25(6)19-30(45)36(53-12)27(8)37(47)42-29(40(50)51)20-28-17-15-14-16-18-28/h14-18,23-24,26-27,29-31,33-36,41H,6,13,19-22H2,1-5,7-12H3,(H,42,47)(H,43,48)(H,50,51)/t26?,27-,29+,30+,31?,33?,34+,35?,36?/m1/s1. The maximum atomic E-state index is 14.2. The second kappa shape index (κ2) is 21.2. The van der Waals surface area contributed by atoms with E-state index in [1.807, 2.05) is 59.7 Å². The Morgan fingerprint density at radius 1 is 0.943 bits per heavy atom. The van der Waals surface area contributed by atoms with Crippen LogP contribution in [-0.2, 0) is 39.9 Å². The van der Waals surface area contributed by atoms with E-state index in [2.05, 4.69) is 22.5 Å². The normalized spacial score (nSPS) is 19.2. The van der Waals surface area contributed by atoms with Crippen LogP contribution in [0.1, 0.15) is 73.3 Å². The van der Waals surface area contributed by atoms with Gasteiger partial charge in [-0.1, -0.05) is 97.4 Å². The van der Waals surface area contributed by atoms with Gasteiger partial charge in [-0.3, -0.25) is 19.2 Å². The van der Waals surface area contributed by atoms with E-state index < -0.39 is 60.2 Å². The number of carboxylic acid groups (broad SMARTS) is 1. The van der Waals surface area contributed by atoms with Crippen molar-refractivity contribution in [3.8, 4) is 0 Å². The lowest BCUT2D eigenvalue weighted by Gasteiger charge is -2.41. The second-order valence-electron chi connectivity index (χ2n) is 15.2. The molecule has 0 aromatic heterocycles. The molecular formula is C40H65N5O8. The van der Waals surface area contributed by atoms with Gasteiger partial charge in [-0.15, -0.1) is 0 Å². The van der Waals surface area contributed by atoms with Crippen molar-refractivity contribution in [1.29, 1.82) is 0 Å². The smallest absolute Gasteiger partial charge is 0.326 e. The van der Waals surface area contributed by atoms with E-state index in [-0.39, 0.29) is 54.9 Å². The molecule has 0 bridgehead atoms. The third-order valence-corrected chi connectivity index (χ3v) is 10.6. The number of likely N-dealkylation sites (tertiary alicyclic amines) is 1. The van der Waals surface area contributed by atoms with Gasteiger partial charge in [0, 0.05) is 34.2 Å². The van der Waals surface area contributed by atoms with Crippen LogP contribution >= 0.6 is 0 Å². The number of methoxy groups -OCH3 is 2. The van der Waals surface area contributed by atoms with Crippen LogP contribution in [-0.4, -0.2) is 122 Å². The van der Waals surface area contributed by atoms with Gasteiger partial charge in [0.2, 0.25) is 23.6 Å². The SMILES string of the molecule is C=C1C[C@@H](C(OC)[C@@H](C)C(=O)N[C@@H](Cc2ccccc2)C(=O)O)N(C(=O)CC(OC)C(C(C)CC)N(C)C(=O)[C@@H](NC(=O)C(NC)C(C)C)C(C)C)C1. The van der Waals surface area contributed by atoms with Crippen LogP contribution in [0.2, 0.25) is 0 Å². The van der Waals surface area contributed by atoms with Crippen molar-refractivity contribution in [3.63, 3.8) is 0 Å². The Bertz CT molecular complexity index is 1390. The molecule has 1 aromatic rings. The Morgan fingerprint density at radius 3 is 2.04 bits per heavy atom. The third-order valence-electron chi connectivity index (χ3n) is 10.6. The van der Waals surface area contributed by atoms with Crippen LogP contribution in [0.25, 0.3) is 0 Å². The van der Waals surface area contributed by atoms with Crippen molar-refractivity contribution in [2.24, 2.45) is 23.7 Å². The molecule has 2 rings (SSSR count). The fourth-order valence-corrected chi connectivity index (χ4v) is 7.35. The van der Waals surface area contributed by atoms with Gasteiger partial charge in [-0.2, -0.15) is 0 Å². The number of carbonyl (C=O) groups excluding carboxylic acids is 4. The average Bonchev–Trinajstić information content (AvgIpc) is 3.50. The first-order valence-corrected chi connectivity index (χ1v) is 18.8. The molecule has 9 atom stereocenters. The van der Waals surface area contributed by atoms with Crippen molar-refractivity contribution >= 4 is 29.6 Å². The minimum atomic E-state index is -1.15. The van der Waals surface area contributed by atoms with Gasteiger partial charge in [-0.05, 0) is 36.8 Å². The summed E-state index contributed by atoms with van der Waals surface area (Å²) in [5, 5.41) is 18.6. The summed E-state index contributed by atoms with van der Waals surface area (Å²) in [5.74, 6) is -3.50. The lowest BCUT2D eigenvalue weighted by molar-refractivity contribution is -0.148. The van der Waals surface area contributed by atoms with E-state index in [9.17, 15) is 29.1 Å². The van der Waals surface area contributed by atoms with E-state index in [0.29, 0.717) is 12.8 Å². The number of nitrogens with zero attached hydrogens (tertiary/aromatic N) is 2. The maximum absolute atomic E-state index is 14.2. The summed E-state index contributed by atoms with van der Waals surface area (Å²) in [6.07, 6.45) is -0.297. The number of rotatable bonds is 21. The zero-order valence-corrected chi connectivity index (χ0v) is 33.7. The molecule has 53 heavy (non-hydrogen) atoms. The van der Waals surface area contributed by atoms with Crippen LogP contribution in [0.4, 0.5) is 0 Å². The van der Waals surface area contributed by atoms with E-state index in [1.54, 1.807) is 43.0 Å². The number of hydrogen-bond acceptors (Lipinski definition) is 8. The maximum Gasteiger partial charge on any atom is 0.326 e. The summed E-state index contributed by atoms with van der Waals surface area (Å²) in [7, 11) is 6.40. The highest BCUT2D eigenvalue weighted by molar-refractivity contribution is 5.90. The quantitative estimate of drug-likeness (QED) is 0.138. The molecule has 1 aromatic carbocycles. The Balaban J connectivity index is 2.31. The molecule has 298 valence electrons. The van der Waals surface area contributed by atoms with E-state index in [0.717, 1.165) is 11.1 Å². The van der Waals surface area contributed by atoms with Crippen molar-refractivity contribution < 1.29 is 38.6 Å². The van der Waals surface area contributed by atoms with Crippen molar-refractivity contribution in [3.05, 3.63) is 48.0 Å². The van der Waals surface area contributed by atoms with Gasteiger partial charge in [0.1, 0.15) is 12.1 Å². The van der Waals surface area contributed by atoms with E-state index in [4.69, 9.17) is 9.47 Å². The topological polar surface area (TPSA) is 167 Å². The summed E-state index contributed by atoms with van der Waals surface area (Å²) in [6, 6.07) is 5.60. The van der Waals surface area contributed by atoms with Gasteiger partial charge < -0.3 is 40.3 Å². The van der Waals surface area contributed by atoms with Crippen LogP contribution in [0, 0.1) is 23.7 Å². The Kier molecular flexibility index (Phi) is 18.1. The first-order valence-electron chi connectivity index (χ1n) is 18.8. The molecule has 4 N–H and O–H groups in total. The molecule has 4 amide bonds. The zero-order chi connectivity index (χ0) is 40.2. The highest BCUT2D eigenvalue weighted by Crippen LogP contribution is 2.31. The number of aliphatic carboxylic acids is 1. The Hall–Kier alpha value is -3.81. The monoisotopic (exact) mass is 743 g/mol. The first-order chi connectivity index (χ1) is 24.9. The predicted octanol–water partition coefficient (Wildman–Crippen LogP) is 3.27. The number of benzene rings is 1. The third kappa shape index (κ3) is 12.1. The number of hydrogen-bond donors (Lipinski definition) is 4. The Labute approximate surface area is 316 Å². The molecule has 0 spiro atoms. The fraction of sp³-hybridized carbons (Fsp3) is 0.675. The van der Waals surface area contributed by atoms with Gasteiger partial charge in [0.25, 0.3) is 0 Å². The van der Waals surface area contributed by atoms with Crippen LogP contribution in [0.3, 0.4) is 0 Å². The summed E-state index contributed by atoms with van der Waals surface area (Å²) < 4.78 is 11.8. The molecule has 13 nitrogen and oxygen atoms in total. The fourth-order valence-electron chi connectivity index (χ4n) is 7.35. The minimum Gasteiger partial charge on any atom is -0.480 e. The van der Waals surface area contributed by atoms with E-state index >= 15 is 0 Å². The van der Waals surface area contributed by atoms with Crippen LogP contribution < -0.4 is 16.0 Å². The lowest BCUT2D eigenvalue weighted by atomic mass is 9.89. The molecule has 0 radical (unpaired) electrons. The molecule has 1 aliphatic heterocycles. The zero-order valence-electron chi connectivity index (χ0n) is 33.7. The van der Waals surface area contributed by atoms with Gasteiger partial charge in [0.05, 0.1) is 42.7 Å². The van der Waals surface area contributed by atoms with Gasteiger partial charge in [-0.25, -0.2) is 4.79 Å². The highest BCUT2D eigenvalue weighted by Gasteiger charge is 2.44. The molecule has 1 heterocycles. The first kappa shape index (κ1) is 45.3. The lowest BCUT2D eigenvalue weighted by Crippen LogP contribution is -2.59. The van der Waals surface area contributed by atoms with Crippen molar-refractivity contribution in [1.82, 2.24) is 25.8 Å². The number of amides is 4. The van der Waals surface area contributed by atoms with Crippen LogP contribution in [0.5, 0.6) is 0 Å². The largest absolute Gasteiger partial charge is 0.480 e. The molecular weight excluding hydrogens is 678 g/mol. The van der Waals surface area contributed by atoms with Crippen molar-refractivity contribution in [2.75, 3.05) is 34.9 Å². The number of ether oxygens (including phenoxy) is 2. The van der Waals surface area contributed by atoms with Crippen LogP contribution in [0.15, 0.2) is 42.5 Å². The predicted molar refractivity (Wildman–Crippen MR) is 205 cm³/mol. The number of likely N-dealkylation sites (N-methyl/N-ethyl adjacent to an activating group) is 2. The molecule has 5 unspecified atom stereocenters. The molecule has 0 saturated carbocycles. The average molecular weight is 744 g/mol. The molecule has 1 saturated heterocycles. The molecule has 1 fully saturated rings. The summed E-state index contributed by atoms with van der Waals surface area (Å²) in [6.45, 7) is 17.7. The Morgan fingerprint density at radius 2 is 1.55 bits per heavy atom.